The molecule has 0 bridgehead atoms. The van der Waals surface area contributed by atoms with Crippen LogP contribution in [0.2, 0.25) is 0 Å². The van der Waals surface area contributed by atoms with Crippen LogP contribution in [0.15, 0.2) is 48.3 Å². The number of imidazole rings is 1. The van der Waals surface area contributed by atoms with Crippen LogP contribution >= 0.6 is 0 Å². The van der Waals surface area contributed by atoms with Crippen molar-refractivity contribution in [3.8, 4) is 0 Å². The minimum absolute atomic E-state index is 0.148. The average Bonchev–Trinajstić information content (AvgIpc) is 2.84. The maximum Gasteiger partial charge on any atom is 0.248 e. The number of carbonyl (C=O) groups is 2. The number of amides is 1. The van der Waals surface area contributed by atoms with Crippen molar-refractivity contribution in [2.75, 3.05) is 5.32 Å². The van der Waals surface area contributed by atoms with E-state index < -0.39 is 0 Å². The fourth-order valence-corrected chi connectivity index (χ4v) is 1.86. The molecule has 108 valence electrons. The molecular weight excluding hydrogens is 266 g/mol. The highest BCUT2D eigenvalue weighted by Gasteiger charge is 2.13. The number of rotatable bonds is 4. The molecule has 0 saturated carbocycles. The topological polar surface area (TPSA) is 64.0 Å². The Balaban J connectivity index is 2.13. The second-order valence-electron chi connectivity index (χ2n) is 4.98. The van der Waals surface area contributed by atoms with Crippen molar-refractivity contribution in [3.63, 3.8) is 0 Å². The summed E-state index contributed by atoms with van der Waals surface area (Å²) in [7, 11) is 1.77. The molecule has 1 N–H and O–H groups in total. The Labute approximate surface area is 123 Å². The van der Waals surface area contributed by atoms with Gasteiger partial charge >= 0.3 is 0 Å². The largest absolute Gasteiger partial charge is 0.331 e. The lowest BCUT2D eigenvalue weighted by Gasteiger charge is -2.05. The van der Waals surface area contributed by atoms with Crippen LogP contribution in [0.3, 0.4) is 0 Å². The number of nitrogens with zero attached hydrogens (tertiary/aromatic N) is 2. The molecule has 0 fully saturated rings. The third-order valence-corrected chi connectivity index (χ3v) is 2.86. The third-order valence-electron chi connectivity index (χ3n) is 2.86. The van der Waals surface area contributed by atoms with E-state index in [1.807, 2.05) is 13.8 Å². The lowest BCUT2D eigenvalue weighted by atomic mass is 10.1. The normalized spacial score (nSPS) is 10.0. The highest BCUT2D eigenvalue weighted by atomic mass is 16.1. The van der Waals surface area contributed by atoms with Gasteiger partial charge in [0.05, 0.1) is 0 Å². The summed E-state index contributed by atoms with van der Waals surface area (Å²) in [6, 6.07) is 6.75. The van der Waals surface area contributed by atoms with Crippen LogP contribution in [0.5, 0.6) is 0 Å². The van der Waals surface area contributed by atoms with Crippen molar-refractivity contribution >= 4 is 17.4 Å². The van der Waals surface area contributed by atoms with E-state index in [0.717, 1.165) is 5.57 Å². The van der Waals surface area contributed by atoms with Crippen LogP contribution < -0.4 is 5.32 Å². The summed E-state index contributed by atoms with van der Waals surface area (Å²) < 4.78 is 1.67. The van der Waals surface area contributed by atoms with Gasteiger partial charge in [0.1, 0.15) is 0 Å². The van der Waals surface area contributed by atoms with E-state index in [1.54, 1.807) is 48.3 Å². The van der Waals surface area contributed by atoms with Gasteiger partial charge in [-0.15, -0.1) is 0 Å². The minimum Gasteiger partial charge on any atom is -0.331 e. The maximum absolute atomic E-state index is 12.2. The maximum atomic E-state index is 12.2. The van der Waals surface area contributed by atoms with Gasteiger partial charge in [-0.1, -0.05) is 5.57 Å². The molecule has 0 aliphatic heterocycles. The molecule has 0 saturated heterocycles. The number of aryl methyl sites for hydroxylation is 1. The van der Waals surface area contributed by atoms with E-state index in [4.69, 9.17) is 0 Å². The number of hydrogen-bond acceptors (Lipinski definition) is 3. The fraction of sp³-hybridized carbons (Fsp3) is 0.188. The van der Waals surface area contributed by atoms with Gasteiger partial charge in [-0.25, -0.2) is 4.98 Å². The standard InChI is InChI=1S/C16H17N3O2/c1-11(2)10-14(20)18-13-6-4-12(5-7-13)15(21)16-17-8-9-19(16)3/h4-10H,1-3H3,(H,18,20). The monoisotopic (exact) mass is 283 g/mol. The molecule has 5 nitrogen and oxygen atoms in total. The highest BCUT2D eigenvalue weighted by Crippen LogP contribution is 2.13. The van der Waals surface area contributed by atoms with Crippen LogP contribution in [-0.2, 0) is 11.8 Å². The Bertz CT molecular complexity index is 693. The quantitative estimate of drug-likeness (QED) is 0.693. The van der Waals surface area contributed by atoms with E-state index >= 15 is 0 Å². The summed E-state index contributed by atoms with van der Waals surface area (Å²) in [5.41, 5.74) is 2.10. The minimum atomic E-state index is -0.182. The number of benzene rings is 1. The first kappa shape index (κ1) is 14.7. The van der Waals surface area contributed by atoms with Crippen molar-refractivity contribution < 1.29 is 9.59 Å². The van der Waals surface area contributed by atoms with Gasteiger partial charge in [0, 0.05) is 36.8 Å². The summed E-state index contributed by atoms with van der Waals surface area (Å²) in [6.07, 6.45) is 4.83. The smallest absolute Gasteiger partial charge is 0.248 e. The summed E-state index contributed by atoms with van der Waals surface area (Å²) in [5, 5.41) is 2.74. The number of hydrogen-bond donors (Lipinski definition) is 1. The van der Waals surface area contributed by atoms with Crippen molar-refractivity contribution in [3.05, 3.63) is 59.7 Å². The zero-order valence-electron chi connectivity index (χ0n) is 12.3. The SMILES string of the molecule is CC(C)=CC(=O)Nc1ccc(C(=O)c2nccn2C)cc1. The van der Waals surface area contributed by atoms with E-state index in [9.17, 15) is 9.59 Å². The predicted octanol–water partition coefficient (Wildman–Crippen LogP) is 2.56. The van der Waals surface area contributed by atoms with Crippen LogP contribution in [0.4, 0.5) is 5.69 Å². The summed E-state index contributed by atoms with van der Waals surface area (Å²) in [6.45, 7) is 3.71. The first-order valence-corrected chi connectivity index (χ1v) is 6.55. The van der Waals surface area contributed by atoms with Crippen molar-refractivity contribution in [1.82, 2.24) is 9.55 Å². The van der Waals surface area contributed by atoms with E-state index in [0.29, 0.717) is 17.1 Å². The Morgan fingerprint density at radius 1 is 1.19 bits per heavy atom. The molecule has 2 aromatic rings. The van der Waals surface area contributed by atoms with E-state index in [2.05, 4.69) is 10.3 Å². The van der Waals surface area contributed by atoms with Crippen LogP contribution in [0.25, 0.3) is 0 Å². The number of aromatic nitrogens is 2. The van der Waals surface area contributed by atoms with Crippen LogP contribution in [0.1, 0.15) is 30.0 Å². The number of ketones is 1. The number of carbonyl (C=O) groups excluding carboxylic acids is 2. The molecule has 2 rings (SSSR count). The molecular formula is C16H17N3O2. The van der Waals surface area contributed by atoms with Crippen molar-refractivity contribution in [2.45, 2.75) is 13.8 Å². The molecule has 1 aromatic heterocycles. The molecule has 0 aliphatic carbocycles. The molecule has 0 unspecified atom stereocenters. The van der Waals surface area contributed by atoms with E-state index in [1.165, 1.54) is 6.08 Å². The number of nitrogens with one attached hydrogen (secondary N) is 1. The molecule has 5 heteroatoms. The molecule has 1 amide bonds. The van der Waals surface area contributed by atoms with Crippen molar-refractivity contribution in [1.29, 1.82) is 0 Å². The van der Waals surface area contributed by atoms with Gasteiger partial charge in [0.25, 0.3) is 0 Å². The molecule has 1 heterocycles. The van der Waals surface area contributed by atoms with Gasteiger partial charge in [-0.05, 0) is 38.1 Å². The zero-order chi connectivity index (χ0) is 15.4. The third kappa shape index (κ3) is 3.66. The molecule has 0 spiro atoms. The van der Waals surface area contributed by atoms with Crippen molar-refractivity contribution in [2.24, 2.45) is 7.05 Å². The van der Waals surface area contributed by atoms with Gasteiger partial charge in [-0.2, -0.15) is 0 Å². The first-order chi connectivity index (χ1) is 9.97. The second kappa shape index (κ2) is 6.17. The lowest BCUT2D eigenvalue weighted by Crippen LogP contribution is -2.10. The van der Waals surface area contributed by atoms with Gasteiger partial charge in [-0.3, -0.25) is 9.59 Å². The Morgan fingerprint density at radius 3 is 2.38 bits per heavy atom. The molecule has 0 radical (unpaired) electrons. The summed E-state index contributed by atoms with van der Waals surface area (Å²) in [4.78, 5) is 27.9. The van der Waals surface area contributed by atoms with Gasteiger partial charge < -0.3 is 9.88 Å². The van der Waals surface area contributed by atoms with Crippen LogP contribution in [0, 0.1) is 0 Å². The lowest BCUT2D eigenvalue weighted by molar-refractivity contribution is -0.111. The predicted molar refractivity (Wildman–Crippen MR) is 81.1 cm³/mol. The summed E-state index contributed by atoms with van der Waals surface area (Å²) in [5.74, 6) is 0.0548. The van der Waals surface area contributed by atoms with E-state index in [-0.39, 0.29) is 11.7 Å². The highest BCUT2D eigenvalue weighted by molar-refractivity contribution is 6.07. The summed E-state index contributed by atoms with van der Waals surface area (Å²) >= 11 is 0. The zero-order valence-corrected chi connectivity index (χ0v) is 12.3. The first-order valence-electron chi connectivity index (χ1n) is 6.55. The second-order valence-corrected chi connectivity index (χ2v) is 4.98. The molecule has 1 aromatic carbocycles. The Hall–Kier alpha value is -2.69. The number of anilines is 1. The van der Waals surface area contributed by atoms with Gasteiger partial charge in [0.15, 0.2) is 5.82 Å². The molecule has 21 heavy (non-hydrogen) atoms. The van der Waals surface area contributed by atoms with Crippen LogP contribution in [-0.4, -0.2) is 21.2 Å². The Morgan fingerprint density at radius 2 is 1.86 bits per heavy atom. The Kier molecular flexibility index (Phi) is 4.33. The fourth-order valence-electron chi connectivity index (χ4n) is 1.86. The average molecular weight is 283 g/mol. The number of allylic oxidation sites excluding steroid dienone is 1. The molecule has 0 atom stereocenters. The van der Waals surface area contributed by atoms with Gasteiger partial charge in [0.2, 0.25) is 11.7 Å². The molecule has 0 aliphatic rings.